The first-order valence-electron chi connectivity index (χ1n) is 9.09. The van der Waals surface area contributed by atoms with E-state index in [-0.39, 0.29) is 18.2 Å². The normalized spacial score (nSPS) is 10.7. The SMILES string of the molecule is O=c1cc(COc2ccc(F)cc2)n(-c2cccc(-c3ccccc3)c2)cc1O. The summed E-state index contributed by atoms with van der Waals surface area (Å²) < 4.78 is 20.5. The summed E-state index contributed by atoms with van der Waals surface area (Å²) in [5.74, 6) is -0.214. The molecule has 3 aromatic carbocycles. The molecule has 0 aliphatic heterocycles. The molecule has 1 N–H and O–H groups in total. The van der Waals surface area contributed by atoms with Gasteiger partial charge in [-0.25, -0.2) is 4.39 Å². The highest BCUT2D eigenvalue weighted by Gasteiger charge is 2.10. The molecule has 0 aliphatic rings. The fraction of sp³-hybridized carbons (Fsp3) is 0.0417. The second-order valence-electron chi connectivity index (χ2n) is 6.54. The maximum atomic E-state index is 13.1. The molecular formula is C24H18FNO3. The highest BCUT2D eigenvalue weighted by atomic mass is 19.1. The van der Waals surface area contributed by atoms with Crippen LogP contribution in [0.25, 0.3) is 16.8 Å². The van der Waals surface area contributed by atoms with Crippen LogP contribution < -0.4 is 10.2 Å². The van der Waals surface area contributed by atoms with E-state index >= 15 is 0 Å². The quantitative estimate of drug-likeness (QED) is 0.528. The molecule has 0 aliphatic carbocycles. The lowest BCUT2D eigenvalue weighted by atomic mass is 10.1. The number of pyridine rings is 1. The van der Waals surface area contributed by atoms with Crippen molar-refractivity contribution in [1.82, 2.24) is 4.57 Å². The van der Waals surface area contributed by atoms with Crippen molar-refractivity contribution in [1.29, 1.82) is 0 Å². The molecule has 0 saturated carbocycles. The second kappa shape index (κ2) is 8.02. The van der Waals surface area contributed by atoms with Gasteiger partial charge in [0, 0.05) is 11.8 Å². The van der Waals surface area contributed by atoms with Gasteiger partial charge in [0.1, 0.15) is 18.2 Å². The molecule has 0 bridgehead atoms. The topological polar surface area (TPSA) is 51.5 Å². The van der Waals surface area contributed by atoms with Gasteiger partial charge in [-0.05, 0) is 47.5 Å². The minimum Gasteiger partial charge on any atom is -0.503 e. The molecule has 0 radical (unpaired) electrons. The van der Waals surface area contributed by atoms with E-state index in [4.69, 9.17) is 4.74 Å². The zero-order valence-electron chi connectivity index (χ0n) is 15.5. The van der Waals surface area contributed by atoms with E-state index in [1.807, 2.05) is 54.6 Å². The van der Waals surface area contributed by atoms with E-state index in [1.165, 1.54) is 36.5 Å². The Kier molecular flexibility index (Phi) is 5.12. The molecule has 0 atom stereocenters. The Bertz CT molecular complexity index is 1180. The third-order valence-electron chi connectivity index (χ3n) is 4.54. The van der Waals surface area contributed by atoms with Crippen molar-refractivity contribution >= 4 is 0 Å². The van der Waals surface area contributed by atoms with Gasteiger partial charge < -0.3 is 14.4 Å². The van der Waals surface area contributed by atoms with Crippen LogP contribution in [0.15, 0.2) is 95.9 Å². The number of ether oxygens (including phenoxy) is 1. The predicted molar refractivity (Wildman–Crippen MR) is 110 cm³/mol. The lowest BCUT2D eigenvalue weighted by molar-refractivity contribution is 0.297. The number of hydrogen-bond acceptors (Lipinski definition) is 3. The minimum atomic E-state index is -0.488. The van der Waals surface area contributed by atoms with Crippen molar-refractivity contribution in [2.45, 2.75) is 6.61 Å². The van der Waals surface area contributed by atoms with Crippen LogP contribution in [-0.4, -0.2) is 9.67 Å². The molecule has 1 aromatic heterocycles. The summed E-state index contributed by atoms with van der Waals surface area (Å²) in [4.78, 5) is 12.0. The predicted octanol–water partition coefficient (Wildman–Crippen LogP) is 4.93. The molecule has 4 rings (SSSR count). The molecule has 0 saturated heterocycles. The van der Waals surface area contributed by atoms with Crippen LogP contribution in [0.1, 0.15) is 5.69 Å². The number of rotatable bonds is 5. The average Bonchev–Trinajstić information content (AvgIpc) is 2.76. The summed E-state index contributed by atoms with van der Waals surface area (Å²) in [7, 11) is 0. The molecule has 5 heteroatoms. The molecule has 144 valence electrons. The van der Waals surface area contributed by atoms with Gasteiger partial charge in [0.05, 0.1) is 11.9 Å². The molecule has 4 nitrogen and oxygen atoms in total. The number of nitrogens with zero attached hydrogens (tertiary/aromatic N) is 1. The first-order chi connectivity index (χ1) is 14.1. The van der Waals surface area contributed by atoms with Crippen molar-refractivity contribution in [3.63, 3.8) is 0 Å². The fourth-order valence-corrected chi connectivity index (χ4v) is 3.07. The Morgan fingerprint density at radius 2 is 1.59 bits per heavy atom. The molecule has 29 heavy (non-hydrogen) atoms. The fourth-order valence-electron chi connectivity index (χ4n) is 3.07. The van der Waals surface area contributed by atoms with Crippen molar-refractivity contribution < 1.29 is 14.2 Å². The number of aromatic nitrogens is 1. The Balaban J connectivity index is 1.71. The highest BCUT2D eigenvalue weighted by Crippen LogP contribution is 2.24. The summed E-state index contributed by atoms with van der Waals surface area (Å²) in [5, 5.41) is 9.97. The third-order valence-corrected chi connectivity index (χ3v) is 4.54. The Labute approximate surface area is 167 Å². The number of hydrogen-bond donors (Lipinski definition) is 1. The van der Waals surface area contributed by atoms with Gasteiger partial charge in [0.25, 0.3) is 0 Å². The van der Waals surface area contributed by atoms with Gasteiger partial charge in [-0.3, -0.25) is 4.79 Å². The summed E-state index contributed by atoms with van der Waals surface area (Å²) in [5.41, 5.74) is 2.91. The first-order valence-corrected chi connectivity index (χ1v) is 9.09. The molecule has 4 aromatic rings. The van der Waals surface area contributed by atoms with Crippen molar-refractivity contribution in [2.24, 2.45) is 0 Å². The highest BCUT2D eigenvalue weighted by molar-refractivity contribution is 5.66. The maximum absolute atomic E-state index is 13.1. The van der Waals surface area contributed by atoms with E-state index in [2.05, 4.69) is 0 Å². The third kappa shape index (κ3) is 4.19. The summed E-state index contributed by atoms with van der Waals surface area (Å²) >= 11 is 0. The smallest absolute Gasteiger partial charge is 0.223 e. The molecule has 0 spiro atoms. The lowest BCUT2D eigenvalue weighted by Crippen LogP contribution is -2.13. The first kappa shape index (κ1) is 18.5. The standard InChI is InChI=1S/C24H18FNO3/c25-19-9-11-22(12-10-19)29-16-21-14-23(27)24(28)15-26(21)20-8-4-7-18(13-20)17-5-2-1-3-6-17/h1-15,28H,16H2. The number of benzene rings is 3. The molecule has 1 heterocycles. The zero-order chi connectivity index (χ0) is 20.2. The summed E-state index contributed by atoms with van der Waals surface area (Å²) in [6, 6.07) is 24.7. The van der Waals surface area contributed by atoms with Crippen LogP contribution in [0.5, 0.6) is 11.5 Å². The number of halogens is 1. The van der Waals surface area contributed by atoms with Gasteiger partial charge in [-0.15, -0.1) is 0 Å². The summed E-state index contributed by atoms with van der Waals surface area (Å²) in [6.45, 7) is 0.0801. The van der Waals surface area contributed by atoms with Gasteiger partial charge in [-0.1, -0.05) is 42.5 Å². The van der Waals surface area contributed by atoms with Crippen molar-refractivity contribution in [2.75, 3.05) is 0 Å². The monoisotopic (exact) mass is 387 g/mol. The van der Waals surface area contributed by atoms with Crippen molar-refractivity contribution in [3.8, 4) is 28.3 Å². The van der Waals surface area contributed by atoms with E-state index in [0.29, 0.717) is 11.4 Å². The van der Waals surface area contributed by atoms with Crippen molar-refractivity contribution in [3.05, 3.63) is 113 Å². The van der Waals surface area contributed by atoms with Crippen LogP contribution in [-0.2, 0) is 6.61 Å². The minimum absolute atomic E-state index is 0.0801. The number of aromatic hydroxyl groups is 1. The van der Waals surface area contributed by atoms with Gasteiger partial charge in [0.15, 0.2) is 5.75 Å². The van der Waals surface area contributed by atoms with E-state index in [9.17, 15) is 14.3 Å². The Morgan fingerprint density at radius 3 is 2.34 bits per heavy atom. The Morgan fingerprint density at radius 1 is 0.862 bits per heavy atom. The van der Waals surface area contributed by atoms with Crippen LogP contribution in [0.4, 0.5) is 4.39 Å². The maximum Gasteiger partial charge on any atom is 0.223 e. The van der Waals surface area contributed by atoms with E-state index in [0.717, 1.165) is 16.8 Å². The lowest BCUT2D eigenvalue weighted by Gasteiger charge is -2.16. The van der Waals surface area contributed by atoms with E-state index < -0.39 is 5.43 Å². The Hall–Kier alpha value is -3.86. The zero-order valence-corrected chi connectivity index (χ0v) is 15.5. The van der Waals surface area contributed by atoms with Gasteiger partial charge >= 0.3 is 0 Å². The molecular weight excluding hydrogens is 369 g/mol. The van der Waals surface area contributed by atoms with Crippen LogP contribution in [0, 0.1) is 5.82 Å². The second-order valence-corrected chi connectivity index (χ2v) is 6.54. The van der Waals surface area contributed by atoms with E-state index in [1.54, 1.807) is 4.57 Å². The largest absolute Gasteiger partial charge is 0.503 e. The van der Waals surface area contributed by atoms with Crippen LogP contribution >= 0.6 is 0 Å². The summed E-state index contributed by atoms with van der Waals surface area (Å²) in [6.07, 6.45) is 1.38. The van der Waals surface area contributed by atoms with Crippen LogP contribution in [0.3, 0.4) is 0 Å². The van der Waals surface area contributed by atoms with Gasteiger partial charge in [-0.2, -0.15) is 0 Å². The molecule has 0 fully saturated rings. The molecule has 0 unspecified atom stereocenters. The average molecular weight is 387 g/mol. The van der Waals surface area contributed by atoms with Crippen LogP contribution in [0.2, 0.25) is 0 Å². The molecule has 0 amide bonds. The van der Waals surface area contributed by atoms with Gasteiger partial charge in [0.2, 0.25) is 5.43 Å².